The minimum atomic E-state index is 0.748. The first kappa shape index (κ1) is 11.1. The Kier molecular flexibility index (Phi) is 3.22. The van der Waals surface area contributed by atoms with Gasteiger partial charge in [-0.2, -0.15) is 0 Å². The Labute approximate surface area is 99.2 Å². The third-order valence-corrected chi connectivity index (χ3v) is 2.79. The second kappa shape index (κ2) is 4.63. The number of nitrogens with one attached hydrogen (secondary N) is 1. The fourth-order valence-corrected chi connectivity index (χ4v) is 1.80. The van der Waals surface area contributed by atoms with Gasteiger partial charge in [0.1, 0.15) is 0 Å². The lowest BCUT2D eigenvalue weighted by atomic mass is 10.1. The van der Waals surface area contributed by atoms with Gasteiger partial charge in [-0.05, 0) is 24.7 Å². The molecule has 0 fully saturated rings. The maximum Gasteiger partial charge on any atom is 0.0882 e. The van der Waals surface area contributed by atoms with Crippen molar-refractivity contribution < 1.29 is 0 Å². The summed E-state index contributed by atoms with van der Waals surface area (Å²) in [5, 5.41) is 11.6. The molecule has 1 aromatic heterocycles. The van der Waals surface area contributed by atoms with Gasteiger partial charge in [-0.3, -0.25) is 0 Å². The van der Waals surface area contributed by atoms with Crippen LogP contribution in [0, 0.1) is 0 Å². The third-order valence-electron chi connectivity index (χ3n) is 2.42. The number of rotatable bonds is 3. The van der Waals surface area contributed by atoms with E-state index in [0.29, 0.717) is 0 Å². The molecule has 2 aromatic rings. The predicted molar refractivity (Wildman–Crippen MR) is 64.2 cm³/mol. The van der Waals surface area contributed by atoms with Gasteiger partial charge in [0.2, 0.25) is 0 Å². The second-order valence-corrected chi connectivity index (χ2v) is 3.99. The van der Waals surface area contributed by atoms with Crippen molar-refractivity contribution in [1.29, 1.82) is 0 Å². The fraction of sp³-hybridized carbons (Fsp3) is 0.273. The standard InChI is InChI=1S/C11H13ClN4/c1-13-6-9-5-8(3-4-10(9)12)11-7-14-15-16(11)2/h3-5,7,13H,6H2,1-2H3. The van der Waals surface area contributed by atoms with Gasteiger partial charge in [-0.25, -0.2) is 4.68 Å². The summed E-state index contributed by atoms with van der Waals surface area (Å²) in [5.74, 6) is 0. The Morgan fingerprint density at radius 2 is 2.25 bits per heavy atom. The van der Waals surface area contributed by atoms with Crippen LogP contribution in [0.4, 0.5) is 0 Å². The topological polar surface area (TPSA) is 42.7 Å². The van der Waals surface area contributed by atoms with E-state index in [9.17, 15) is 0 Å². The number of nitrogens with zero attached hydrogens (tertiary/aromatic N) is 3. The van der Waals surface area contributed by atoms with E-state index in [1.54, 1.807) is 10.9 Å². The Morgan fingerprint density at radius 3 is 2.88 bits per heavy atom. The first-order valence-electron chi connectivity index (χ1n) is 5.00. The maximum atomic E-state index is 6.10. The van der Waals surface area contributed by atoms with E-state index in [0.717, 1.165) is 28.4 Å². The number of hydrogen-bond donors (Lipinski definition) is 1. The minimum absolute atomic E-state index is 0.748. The van der Waals surface area contributed by atoms with Gasteiger partial charge in [0, 0.05) is 24.2 Å². The van der Waals surface area contributed by atoms with E-state index in [1.807, 2.05) is 26.2 Å². The highest BCUT2D eigenvalue weighted by Crippen LogP contribution is 2.24. The van der Waals surface area contributed by atoms with Crippen LogP contribution in [0.5, 0.6) is 0 Å². The molecule has 0 aliphatic heterocycles. The molecule has 0 spiro atoms. The van der Waals surface area contributed by atoms with Crippen LogP contribution in [0.2, 0.25) is 5.02 Å². The first-order chi connectivity index (χ1) is 7.72. The van der Waals surface area contributed by atoms with Crippen molar-refractivity contribution in [2.24, 2.45) is 7.05 Å². The maximum absolute atomic E-state index is 6.10. The summed E-state index contributed by atoms with van der Waals surface area (Å²) in [6.45, 7) is 0.748. The van der Waals surface area contributed by atoms with Crippen LogP contribution in [0.3, 0.4) is 0 Å². The molecule has 0 saturated heterocycles. The monoisotopic (exact) mass is 236 g/mol. The second-order valence-electron chi connectivity index (χ2n) is 3.58. The van der Waals surface area contributed by atoms with Crippen molar-refractivity contribution in [3.05, 3.63) is 35.0 Å². The van der Waals surface area contributed by atoms with Crippen LogP contribution < -0.4 is 5.32 Å². The van der Waals surface area contributed by atoms with Crippen LogP contribution in [0.1, 0.15) is 5.56 Å². The van der Waals surface area contributed by atoms with Crippen molar-refractivity contribution in [2.45, 2.75) is 6.54 Å². The lowest BCUT2D eigenvalue weighted by molar-refractivity contribution is 0.720. The SMILES string of the molecule is CNCc1cc(-c2cnnn2C)ccc1Cl. The summed E-state index contributed by atoms with van der Waals surface area (Å²) in [7, 11) is 3.77. The largest absolute Gasteiger partial charge is 0.316 e. The van der Waals surface area contributed by atoms with E-state index in [1.165, 1.54) is 0 Å². The van der Waals surface area contributed by atoms with Crippen molar-refractivity contribution in [2.75, 3.05) is 7.05 Å². The molecule has 1 heterocycles. The van der Waals surface area contributed by atoms with E-state index >= 15 is 0 Å². The smallest absolute Gasteiger partial charge is 0.0882 e. The summed E-state index contributed by atoms with van der Waals surface area (Å²) in [6.07, 6.45) is 1.74. The molecule has 0 bridgehead atoms. The van der Waals surface area contributed by atoms with Crippen molar-refractivity contribution >= 4 is 11.6 Å². The van der Waals surface area contributed by atoms with Gasteiger partial charge in [0.15, 0.2) is 0 Å². The van der Waals surface area contributed by atoms with Crippen LogP contribution >= 0.6 is 11.6 Å². The molecule has 5 heteroatoms. The van der Waals surface area contributed by atoms with E-state index in [-0.39, 0.29) is 0 Å². The molecule has 1 N–H and O–H groups in total. The lowest BCUT2D eigenvalue weighted by Gasteiger charge is -2.07. The number of halogens is 1. The highest BCUT2D eigenvalue weighted by Gasteiger charge is 2.06. The first-order valence-corrected chi connectivity index (χ1v) is 5.38. The molecule has 0 saturated carbocycles. The van der Waals surface area contributed by atoms with Gasteiger partial charge in [-0.15, -0.1) is 5.10 Å². The highest BCUT2D eigenvalue weighted by molar-refractivity contribution is 6.31. The predicted octanol–water partition coefficient (Wildman–Crippen LogP) is 1.85. The van der Waals surface area contributed by atoms with Crippen LogP contribution in [-0.2, 0) is 13.6 Å². The molecule has 0 atom stereocenters. The van der Waals surface area contributed by atoms with Gasteiger partial charge in [0.05, 0.1) is 11.9 Å². The van der Waals surface area contributed by atoms with Crippen LogP contribution in [0.25, 0.3) is 11.3 Å². The quantitative estimate of drug-likeness (QED) is 0.885. The zero-order valence-corrected chi connectivity index (χ0v) is 9.99. The van der Waals surface area contributed by atoms with Crippen molar-refractivity contribution in [1.82, 2.24) is 20.3 Å². The molecule has 0 unspecified atom stereocenters. The number of aromatic nitrogens is 3. The molecule has 1 aromatic carbocycles. The average molecular weight is 237 g/mol. The molecular weight excluding hydrogens is 224 g/mol. The Morgan fingerprint density at radius 1 is 1.44 bits per heavy atom. The average Bonchev–Trinajstić information content (AvgIpc) is 2.68. The zero-order valence-electron chi connectivity index (χ0n) is 9.24. The Balaban J connectivity index is 2.43. The highest BCUT2D eigenvalue weighted by atomic mass is 35.5. The summed E-state index contributed by atoms with van der Waals surface area (Å²) >= 11 is 6.10. The Bertz CT molecular complexity index is 492. The van der Waals surface area contributed by atoms with Crippen LogP contribution in [-0.4, -0.2) is 22.0 Å². The number of aryl methyl sites for hydroxylation is 1. The van der Waals surface area contributed by atoms with Gasteiger partial charge in [0.25, 0.3) is 0 Å². The summed E-state index contributed by atoms with van der Waals surface area (Å²) in [5.41, 5.74) is 3.12. The third kappa shape index (κ3) is 2.08. The molecule has 4 nitrogen and oxygen atoms in total. The van der Waals surface area contributed by atoms with Gasteiger partial charge < -0.3 is 5.32 Å². The lowest BCUT2D eigenvalue weighted by Crippen LogP contribution is -2.05. The van der Waals surface area contributed by atoms with Crippen LogP contribution in [0.15, 0.2) is 24.4 Å². The molecule has 16 heavy (non-hydrogen) atoms. The van der Waals surface area contributed by atoms with Gasteiger partial charge in [-0.1, -0.05) is 22.9 Å². The Hall–Kier alpha value is -1.39. The summed E-state index contributed by atoms with van der Waals surface area (Å²) < 4.78 is 1.74. The zero-order chi connectivity index (χ0) is 11.5. The van der Waals surface area contributed by atoms with E-state index < -0.39 is 0 Å². The molecule has 0 aliphatic carbocycles. The van der Waals surface area contributed by atoms with Gasteiger partial charge >= 0.3 is 0 Å². The molecule has 0 aliphatic rings. The molecule has 84 valence electrons. The van der Waals surface area contributed by atoms with Crippen molar-refractivity contribution in [3.63, 3.8) is 0 Å². The number of benzene rings is 1. The molecular formula is C11H13ClN4. The fourth-order valence-electron chi connectivity index (χ4n) is 1.61. The minimum Gasteiger partial charge on any atom is -0.316 e. The molecule has 0 amide bonds. The molecule has 0 radical (unpaired) electrons. The van der Waals surface area contributed by atoms with Crippen molar-refractivity contribution in [3.8, 4) is 11.3 Å². The molecule has 2 rings (SSSR count). The van der Waals surface area contributed by atoms with E-state index in [4.69, 9.17) is 11.6 Å². The summed E-state index contributed by atoms with van der Waals surface area (Å²) in [6, 6.07) is 5.92. The summed E-state index contributed by atoms with van der Waals surface area (Å²) in [4.78, 5) is 0. The number of hydrogen-bond acceptors (Lipinski definition) is 3. The van der Waals surface area contributed by atoms with E-state index in [2.05, 4.69) is 21.7 Å². The normalized spacial score (nSPS) is 10.7.